The maximum Gasteiger partial charge on any atom is 0.263 e. The van der Waals surface area contributed by atoms with E-state index in [1.165, 1.54) is 11.3 Å². The number of nitrogens with one attached hydrogen (secondary N) is 1. The SMILES string of the molecule is O=C(NCc1ccnc(Cl)c1)c1cncs1. The molecule has 2 aromatic rings. The molecule has 2 heterocycles. The minimum Gasteiger partial charge on any atom is -0.347 e. The van der Waals surface area contributed by atoms with Crippen molar-refractivity contribution >= 4 is 28.8 Å². The topological polar surface area (TPSA) is 54.9 Å². The molecule has 1 amide bonds. The second-order valence-corrected chi connectivity index (χ2v) is 4.31. The number of nitrogens with zero attached hydrogens (tertiary/aromatic N) is 2. The molecule has 6 heteroatoms. The van der Waals surface area contributed by atoms with Gasteiger partial charge < -0.3 is 5.32 Å². The van der Waals surface area contributed by atoms with Gasteiger partial charge in [0.05, 0.1) is 11.7 Å². The molecule has 16 heavy (non-hydrogen) atoms. The van der Waals surface area contributed by atoms with Crippen LogP contribution in [0.5, 0.6) is 0 Å². The maximum atomic E-state index is 11.6. The van der Waals surface area contributed by atoms with Crippen LogP contribution in [-0.4, -0.2) is 15.9 Å². The third kappa shape index (κ3) is 2.77. The van der Waals surface area contributed by atoms with Crippen LogP contribution in [-0.2, 0) is 6.54 Å². The summed E-state index contributed by atoms with van der Waals surface area (Å²) in [4.78, 5) is 19.9. The summed E-state index contributed by atoms with van der Waals surface area (Å²) in [6, 6.07) is 3.52. The number of thiazole rings is 1. The number of hydrogen-bond acceptors (Lipinski definition) is 4. The summed E-state index contributed by atoms with van der Waals surface area (Å²) in [6.07, 6.45) is 3.15. The Hall–Kier alpha value is -1.46. The predicted molar refractivity (Wildman–Crippen MR) is 62.5 cm³/mol. The van der Waals surface area contributed by atoms with Gasteiger partial charge in [-0.2, -0.15) is 0 Å². The fourth-order valence-corrected chi connectivity index (χ4v) is 1.88. The van der Waals surface area contributed by atoms with E-state index in [1.54, 1.807) is 30.0 Å². The zero-order chi connectivity index (χ0) is 11.4. The maximum absolute atomic E-state index is 11.6. The molecule has 0 atom stereocenters. The summed E-state index contributed by atoms with van der Waals surface area (Å²) in [5, 5.41) is 3.19. The molecule has 2 rings (SSSR count). The smallest absolute Gasteiger partial charge is 0.263 e. The van der Waals surface area contributed by atoms with E-state index in [9.17, 15) is 4.79 Å². The van der Waals surface area contributed by atoms with E-state index in [-0.39, 0.29) is 5.91 Å². The molecule has 1 N–H and O–H groups in total. The van der Waals surface area contributed by atoms with E-state index in [2.05, 4.69) is 15.3 Å². The van der Waals surface area contributed by atoms with Crippen LogP contribution in [0, 0.1) is 0 Å². The second kappa shape index (κ2) is 5.05. The molecule has 82 valence electrons. The van der Waals surface area contributed by atoms with Gasteiger partial charge in [0, 0.05) is 12.7 Å². The van der Waals surface area contributed by atoms with Crippen LogP contribution < -0.4 is 5.32 Å². The lowest BCUT2D eigenvalue weighted by molar-refractivity contribution is 0.0955. The first-order chi connectivity index (χ1) is 7.75. The first-order valence-electron chi connectivity index (χ1n) is 4.53. The highest BCUT2D eigenvalue weighted by molar-refractivity contribution is 7.11. The third-order valence-corrected chi connectivity index (χ3v) is 2.88. The van der Waals surface area contributed by atoms with Crippen LogP contribution >= 0.6 is 22.9 Å². The molecule has 2 aromatic heterocycles. The molecular weight excluding hydrogens is 246 g/mol. The summed E-state index contributed by atoms with van der Waals surface area (Å²) in [6.45, 7) is 0.430. The highest BCUT2D eigenvalue weighted by Crippen LogP contribution is 2.08. The number of rotatable bonds is 3. The van der Waals surface area contributed by atoms with Crippen molar-refractivity contribution in [2.75, 3.05) is 0 Å². The summed E-state index contributed by atoms with van der Waals surface area (Å²) in [5.74, 6) is -0.129. The molecule has 4 nitrogen and oxygen atoms in total. The van der Waals surface area contributed by atoms with E-state index >= 15 is 0 Å². The standard InChI is InChI=1S/C10H8ClN3OS/c11-9-3-7(1-2-13-9)4-14-10(15)8-5-12-6-16-8/h1-3,5-6H,4H2,(H,14,15). The van der Waals surface area contributed by atoms with E-state index in [0.29, 0.717) is 16.6 Å². The van der Waals surface area contributed by atoms with Crippen molar-refractivity contribution in [3.8, 4) is 0 Å². The van der Waals surface area contributed by atoms with Crippen LogP contribution in [0.2, 0.25) is 5.15 Å². The number of amides is 1. The van der Waals surface area contributed by atoms with Gasteiger partial charge in [-0.15, -0.1) is 11.3 Å². The number of halogens is 1. The molecule has 0 spiro atoms. The highest BCUT2D eigenvalue weighted by Gasteiger charge is 2.06. The zero-order valence-corrected chi connectivity index (χ0v) is 9.76. The summed E-state index contributed by atoms with van der Waals surface area (Å²) in [7, 11) is 0. The molecule has 0 bridgehead atoms. The molecular formula is C10H8ClN3OS. The van der Waals surface area contributed by atoms with Crippen molar-refractivity contribution in [2.45, 2.75) is 6.54 Å². The normalized spacial score (nSPS) is 10.1. The number of carbonyl (C=O) groups excluding carboxylic acids is 1. The Morgan fingerprint density at radius 3 is 3.12 bits per heavy atom. The van der Waals surface area contributed by atoms with Crippen molar-refractivity contribution < 1.29 is 4.79 Å². The van der Waals surface area contributed by atoms with Gasteiger partial charge in [0.1, 0.15) is 10.0 Å². The van der Waals surface area contributed by atoms with E-state index in [1.807, 2.05) is 0 Å². The lowest BCUT2D eigenvalue weighted by Crippen LogP contribution is -2.21. The summed E-state index contributed by atoms with van der Waals surface area (Å²) < 4.78 is 0. The summed E-state index contributed by atoms with van der Waals surface area (Å²) >= 11 is 7.04. The Balaban J connectivity index is 1.95. The van der Waals surface area contributed by atoms with Crippen molar-refractivity contribution in [3.05, 3.63) is 45.6 Å². The lowest BCUT2D eigenvalue weighted by Gasteiger charge is -2.03. The average molecular weight is 254 g/mol. The molecule has 0 saturated heterocycles. The van der Waals surface area contributed by atoms with Gasteiger partial charge in [-0.05, 0) is 17.7 Å². The van der Waals surface area contributed by atoms with Crippen molar-refractivity contribution in [1.82, 2.24) is 15.3 Å². The van der Waals surface area contributed by atoms with Crippen LogP contribution in [0.4, 0.5) is 0 Å². The Kier molecular flexibility index (Phi) is 3.48. The van der Waals surface area contributed by atoms with E-state index < -0.39 is 0 Å². The predicted octanol–water partition coefficient (Wildman–Crippen LogP) is 2.12. The fraction of sp³-hybridized carbons (Fsp3) is 0.100. The minimum atomic E-state index is -0.129. The molecule has 0 aliphatic heterocycles. The van der Waals surface area contributed by atoms with Gasteiger partial charge in [-0.25, -0.2) is 4.98 Å². The highest BCUT2D eigenvalue weighted by atomic mass is 35.5. The van der Waals surface area contributed by atoms with Crippen molar-refractivity contribution in [2.24, 2.45) is 0 Å². The molecule has 0 fully saturated rings. The Morgan fingerprint density at radius 1 is 1.56 bits per heavy atom. The zero-order valence-electron chi connectivity index (χ0n) is 8.18. The number of carbonyl (C=O) groups is 1. The van der Waals surface area contributed by atoms with Gasteiger partial charge in [-0.3, -0.25) is 9.78 Å². The van der Waals surface area contributed by atoms with E-state index in [4.69, 9.17) is 11.6 Å². The lowest BCUT2D eigenvalue weighted by atomic mass is 10.3. The average Bonchev–Trinajstić information content (AvgIpc) is 2.79. The molecule has 0 radical (unpaired) electrons. The first kappa shape index (κ1) is 11.0. The minimum absolute atomic E-state index is 0.129. The van der Waals surface area contributed by atoms with Gasteiger partial charge in [0.15, 0.2) is 0 Å². The fourth-order valence-electron chi connectivity index (χ4n) is 1.15. The van der Waals surface area contributed by atoms with E-state index in [0.717, 1.165) is 5.56 Å². The number of pyridine rings is 1. The number of aromatic nitrogens is 2. The molecule has 0 saturated carbocycles. The Morgan fingerprint density at radius 2 is 2.44 bits per heavy atom. The number of hydrogen-bond donors (Lipinski definition) is 1. The van der Waals surface area contributed by atoms with Crippen molar-refractivity contribution in [3.63, 3.8) is 0 Å². The Labute approximate surface area is 101 Å². The van der Waals surface area contributed by atoms with Crippen molar-refractivity contribution in [1.29, 1.82) is 0 Å². The van der Waals surface area contributed by atoms with Crippen LogP contribution in [0.1, 0.15) is 15.2 Å². The van der Waals surface area contributed by atoms with Gasteiger partial charge in [0.25, 0.3) is 5.91 Å². The van der Waals surface area contributed by atoms with Crippen LogP contribution in [0.15, 0.2) is 30.0 Å². The molecule has 0 aliphatic rings. The molecule has 0 unspecified atom stereocenters. The monoisotopic (exact) mass is 253 g/mol. The van der Waals surface area contributed by atoms with Gasteiger partial charge in [-0.1, -0.05) is 11.6 Å². The van der Waals surface area contributed by atoms with Crippen LogP contribution in [0.25, 0.3) is 0 Å². The third-order valence-electron chi connectivity index (χ3n) is 1.90. The van der Waals surface area contributed by atoms with Crippen LogP contribution in [0.3, 0.4) is 0 Å². The van der Waals surface area contributed by atoms with Gasteiger partial charge >= 0.3 is 0 Å². The largest absolute Gasteiger partial charge is 0.347 e. The Bertz CT molecular complexity index is 487. The quantitative estimate of drug-likeness (QED) is 0.853. The first-order valence-corrected chi connectivity index (χ1v) is 5.78. The second-order valence-electron chi connectivity index (χ2n) is 3.04. The van der Waals surface area contributed by atoms with Gasteiger partial charge in [0.2, 0.25) is 0 Å². The molecule has 0 aromatic carbocycles. The summed E-state index contributed by atoms with van der Waals surface area (Å²) in [5.41, 5.74) is 2.54. The molecule has 0 aliphatic carbocycles.